The highest BCUT2D eigenvalue weighted by Crippen LogP contribution is 2.37. The van der Waals surface area contributed by atoms with Crippen molar-refractivity contribution in [1.82, 2.24) is 15.2 Å². The van der Waals surface area contributed by atoms with Crippen LogP contribution in [-0.4, -0.2) is 28.3 Å². The molecule has 0 bridgehead atoms. The van der Waals surface area contributed by atoms with E-state index in [0.717, 1.165) is 40.0 Å². The third kappa shape index (κ3) is 2.65. The molecular weight excluding hydrogens is 340 g/mol. The number of rotatable bonds is 3. The van der Waals surface area contributed by atoms with E-state index in [-0.39, 0.29) is 0 Å². The van der Waals surface area contributed by atoms with Gasteiger partial charge in [-0.15, -0.1) is 21.5 Å². The molecule has 26 heavy (non-hydrogen) atoms. The predicted molar refractivity (Wildman–Crippen MR) is 108 cm³/mol. The van der Waals surface area contributed by atoms with Crippen molar-refractivity contribution in [2.24, 2.45) is 0 Å². The monoisotopic (exact) mass is 358 g/mol. The summed E-state index contributed by atoms with van der Waals surface area (Å²) in [6.45, 7) is 2.14. The minimum absolute atomic E-state index is 0.954. The normalized spacial score (nSPS) is 14.2. The average Bonchev–Trinajstić information content (AvgIpc) is 3.40. The molecular formula is C21H18N4S. The first-order valence-corrected chi connectivity index (χ1v) is 9.74. The molecule has 0 atom stereocenters. The Labute approximate surface area is 156 Å². The van der Waals surface area contributed by atoms with Crippen molar-refractivity contribution in [2.45, 2.75) is 12.8 Å². The molecule has 0 spiro atoms. The summed E-state index contributed by atoms with van der Waals surface area (Å²) in [5, 5.41) is 11.6. The summed E-state index contributed by atoms with van der Waals surface area (Å²) in [7, 11) is 0. The van der Waals surface area contributed by atoms with Crippen molar-refractivity contribution in [3.8, 4) is 21.1 Å². The van der Waals surface area contributed by atoms with Crippen molar-refractivity contribution in [1.29, 1.82) is 0 Å². The Bertz CT molecular complexity index is 1050. The van der Waals surface area contributed by atoms with Crippen molar-refractivity contribution >= 4 is 27.9 Å². The first kappa shape index (κ1) is 15.5. The number of hydrogen-bond acceptors (Lipinski definition) is 5. The quantitative estimate of drug-likeness (QED) is 0.516. The number of benzene rings is 1. The van der Waals surface area contributed by atoms with Crippen LogP contribution in [0.15, 0.2) is 60.8 Å². The summed E-state index contributed by atoms with van der Waals surface area (Å²) in [6, 6.07) is 18.7. The average molecular weight is 358 g/mol. The van der Waals surface area contributed by atoms with Crippen molar-refractivity contribution in [2.75, 3.05) is 18.0 Å². The number of fused-ring (bicyclic) bond motifs is 1. The van der Waals surface area contributed by atoms with Crippen LogP contribution in [0.5, 0.6) is 0 Å². The second-order valence-corrected chi connectivity index (χ2v) is 7.57. The molecule has 3 aromatic heterocycles. The van der Waals surface area contributed by atoms with Gasteiger partial charge in [-0.05, 0) is 37.1 Å². The molecule has 4 aromatic rings. The van der Waals surface area contributed by atoms with Crippen LogP contribution >= 0.6 is 11.3 Å². The summed E-state index contributed by atoms with van der Waals surface area (Å²) < 4.78 is 0. The van der Waals surface area contributed by atoms with E-state index in [1.807, 2.05) is 24.4 Å². The van der Waals surface area contributed by atoms with Gasteiger partial charge in [-0.25, -0.2) is 0 Å². The van der Waals surface area contributed by atoms with E-state index < -0.39 is 0 Å². The van der Waals surface area contributed by atoms with Gasteiger partial charge in [0, 0.05) is 30.1 Å². The van der Waals surface area contributed by atoms with E-state index in [1.54, 1.807) is 11.3 Å². The first-order chi connectivity index (χ1) is 12.9. The van der Waals surface area contributed by atoms with Crippen LogP contribution in [0.2, 0.25) is 0 Å². The van der Waals surface area contributed by atoms with E-state index in [2.05, 4.69) is 56.5 Å². The topological polar surface area (TPSA) is 41.9 Å². The lowest BCUT2D eigenvalue weighted by Crippen LogP contribution is -2.19. The lowest BCUT2D eigenvalue weighted by atomic mass is 10.1. The summed E-state index contributed by atoms with van der Waals surface area (Å²) in [5.74, 6) is 1.02. The van der Waals surface area contributed by atoms with Gasteiger partial charge in [-0.3, -0.25) is 4.98 Å². The van der Waals surface area contributed by atoms with Crippen LogP contribution in [0.3, 0.4) is 0 Å². The molecule has 0 radical (unpaired) electrons. The van der Waals surface area contributed by atoms with E-state index in [0.29, 0.717) is 0 Å². The Morgan fingerprint density at radius 3 is 2.35 bits per heavy atom. The summed E-state index contributed by atoms with van der Waals surface area (Å²) >= 11 is 1.71. The van der Waals surface area contributed by atoms with Gasteiger partial charge in [-0.1, -0.05) is 30.3 Å². The van der Waals surface area contributed by atoms with Gasteiger partial charge in [-0.2, -0.15) is 0 Å². The van der Waals surface area contributed by atoms with Crippen LogP contribution in [-0.2, 0) is 0 Å². The molecule has 0 unspecified atom stereocenters. The maximum atomic E-state index is 4.63. The number of pyridine rings is 1. The molecule has 0 aliphatic carbocycles. The lowest BCUT2D eigenvalue weighted by molar-refractivity contribution is 0.908. The Hall–Kier alpha value is -2.79. The van der Waals surface area contributed by atoms with Gasteiger partial charge in [0.05, 0.1) is 15.4 Å². The third-order valence-electron chi connectivity index (χ3n) is 4.83. The summed E-state index contributed by atoms with van der Waals surface area (Å²) in [4.78, 5) is 9.08. The smallest absolute Gasteiger partial charge is 0.159 e. The number of nitrogens with zero attached hydrogens (tertiary/aromatic N) is 4. The second kappa shape index (κ2) is 6.50. The first-order valence-electron chi connectivity index (χ1n) is 8.92. The van der Waals surface area contributed by atoms with E-state index in [4.69, 9.17) is 0 Å². The standard InChI is InChI=1S/C21H18N4S/c1-2-8-16-15(7-1)20(23-24-21(16)25-13-5-6-14-25)19-11-10-18(26-19)17-9-3-4-12-22-17/h1-4,7-12H,5-6,13-14H2. The van der Waals surface area contributed by atoms with Crippen LogP contribution in [0, 0.1) is 0 Å². The maximum Gasteiger partial charge on any atom is 0.159 e. The van der Waals surface area contributed by atoms with Gasteiger partial charge >= 0.3 is 0 Å². The van der Waals surface area contributed by atoms with Crippen molar-refractivity contribution in [3.05, 3.63) is 60.8 Å². The molecule has 1 fully saturated rings. The van der Waals surface area contributed by atoms with Crippen LogP contribution in [0.4, 0.5) is 5.82 Å². The molecule has 1 aromatic carbocycles. The number of anilines is 1. The molecule has 4 heterocycles. The maximum absolute atomic E-state index is 4.63. The van der Waals surface area contributed by atoms with Gasteiger partial charge in [0.1, 0.15) is 5.69 Å². The zero-order valence-corrected chi connectivity index (χ0v) is 15.1. The zero-order valence-electron chi connectivity index (χ0n) is 14.3. The van der Waals surface area contributed by atoms with E-state index in [1.165, 1.54) is 23.6 Å². The fourth-order valence-corrected chi connectivity index (χ4v) is 4.53. The number of thiophene rings is 1. The van der Waals surface area contributed by atoms with E-state index >= 15 is 0 Å². The summed E-state index contributed by atoms with van der Waals surface area (Å²) in [6.07, 6.45) is 4.29. The fraction of sp³-hybridized carbons (Fsp3) is 0.190. The van der Waals surface area contributed by atoms with Gasteiger partial charge < -0.3 is 4.90 Å². The Balaban J connectivity index is 1.62. The highest BCUT2D eigenvalue weighted by atomic mass is 32.1. The Morgan fingerprint density at radius 1 is 0.769 bits per heavy atom. The minimum Gasteiger partial charge on any atom is -0.355 e. The molecule has 0 N–H and O–H groups in total. The molecule has 1 aliphatic heterocycles. The van der Waals surface area contributed by atoms with Crippen LogP contribution < -0.4 is 4.90 Å². The molecule has 0 amide bonds. The molecule has 1 saturated heterocycles. The molecule has 5 rings (SSSR count). The van der Waals surface area contributed by atoms with Gasteiger partial charge in [0.25, 0.3) is 0 Å². The Kier molecular flexibility index (Phi) is 3.87. The largest absolute Gasteiger partial charge is 0.355 e. The second-order valence-electron chi connectivity index (χ2n) is 6.49. The molecule has 1 aliphatic rings. The lowest BCUT2D eigenvalue weighted by Gasteiger charge is -2.18. The molecule has 0 saturated carbocycles. The summed E-state index contributed by atoms with van der Waals surface area (Å²) in [5.41, 5.74) is 1.95. The van der Waals surface area contributed by atoms with Crippen molar-refractivity contribution < 1.29 is 0 Å². The highest BCUT2D eigenvalue weighted by molar-refractivity contribution is 7.18. The SMILES string of the molecule is c1ccc(-c2ccc(-c3nnc(N4CCCC4)c4ccccc34)s2)nc1. The van der Waals surface area contributed by atoms with Gasteiger partial charge in [0.15, 0.2) is 5.82 Å². The fourth-order valence-electron chi connectivity index (χ4n) is 3.55. The van der Waals surface area contributed by atoms with Crippen LogP contribution in [0.1, 0.15) is 12.8 Å². The Morgan fingerprint density at radius 2 is 1.54 bits per heavy atom. The van der Waals surface area contributed by atoms with E-state index in [9.17, 15) is 0 Å². The van der Waals surface area contributed by atoms with Crippen LogP contribution in [0.25, 0.3) is 31.9 Å². The van der Waals surface area contributed by atoms with Gasteiger partial charge in [0.2, 0.25) is 0 Å². The number of aromatic nitrogens is 3. The molecule has 5 heteroatoms. The highest BCUT2D eigenvalue weighted by Gasteiger charge is 2.19. The predicted octanol–water partition coefficient (Wildman–Crippen LogP) is 5.02. The zero-order chi connectivity index (χ0) is 17.3. The number of hydrogen-bond donors (Lipinski definition) is 0. The molecule has 4 nitrogen and oxygen atoms in total. The third-order valence-corrected chi connectivity index (χ3v) is 5.94. The minimum atomic E-state index is 0.954. The van der Waals surface area contributed by atoms with Crippen molar-refractivity contribution in [3.63, 3.8) is 0 Å². The molecule has 128 valence electrons.